The van der Waals surface area contributed by atoms with Crippen LogP contribution in [0.3, 0.4) is 0 Å². The summed E-state index contributed by atoms with van der Waals surface area (Å²) in [6.45, 7) is 7.82. The summed E-state index contributed by atoms with van der Waals surface area (Å²) in [5.74, 6) is 0.390. The summed E-state index contributed by atoms with van der Waals surface area (Å²) >= 11 is 0. The lowest BCUT2D eigenvalue weighted by atomic mass is 10.2. The summed E-state index contributed by atoms with van der Waals surface area (Å²) in [4.78, 5) is 24.1. The van der Waals surface area contributed by atoms with E-state index in [2.05, 4.69) is 16.0 Å². The van der Waals surface area contributed by atoms with Crippen molar-refractivity contribution in [3.8, 4) is 5.75 Å². The Balaban J connectivity index is 1.90. The number of amides is 2. The van der Waals surface area contributed by atoms with Gasteiger partial charge in [0.1, 0.15) is 5.75 Å². The average molecular weight is 369 g/mol. The number of para-hydroxylation sites is 2. The molecule has 0 fully saturated rings. The van der Waals surface area contributed by atoms with Gasteiger partial charge in [-0.1, -0.05) is 12.1 Å². The van der Waals surface area contributed by atoms with Gasteiger partial charge in [-0.25, -0.2) is 0 Å². The van der Waals surface area contributed by atoms with Crippen LogP contribution < -0.4 is 20.7 Å². The van der Waals surface area contributed by atoms with Gasteiger partial charge >= 0.3 is 0 Å². The SMILES string of the molecule is CC(C)NC(=O)c1ccc(NC(=O)CNc2ccccc2OC(C)C)cc1. The monoisotopic (exact) mass is 369 g/mol. The molecule has 3 N–H and O–H groups in total. The number of hydrogen-bond acceptors (Lipinski definition) is 4. The first-order valence-electron chi connectivity index (χ1n) is 9.05. The van der Waals surface area contributed by atoms with Crippen LogP contribution in [-0.4, -0.2) is 30.5 Å². The van der Waals surface area contributed by atoms with E-state index in [0.717, 1.165) is 5.69 Å². The molecule has 2 amide bonds. The lowest BCUT2D eigenvalue weighted by Gasteiger charge is -2.15. The highest BCUT2D eigenvalue weighted by molar-refractivity contribution is 5.96. The van der Waals surface area contributed by atoms with E-state index in [0.29, 0.717) is 17.0 Å². The highest BCUT2D eigenvalue weighted by atomic mass is 16.5. The van der Waals surface area contributed by atoms with Crippen LogP contribution in [-0.2, 0) is 4.79 Å². The Morgan fingerprint density at radius 3 is 2.26 bits per heavy atom. The molecule has 0 saturated carbocycles. The van der Waals surface area contributed by atoms with Crippen LogP contribution in [0.4, 0.5) is 11.4 Å². The van der Waals surface area contributed by atoms with Crippen LogP contribution in [0.25, 0.3) is 0 Å². The molecule has 144 valence electrons. The second-order valence-corrected chi connectivity index (χ2v) is 6.77. The fourth-order valence-corrected chi connectivity index (χ4v) is 2.40. The van der Waals surface area contributed by atoms with Crippen LogP contribution in [0, 0.1) is 0 Å². The largest absolute Gasteiger partial charge is 0.489 e. The molecule has 0 bridgehead atoms. The fraction of sp³-hybridized carbons (Fsp3) is 0.333. The molecule has 2 aromatic carbocycles. The molecule has 0 unspecified atom stereocenters. The minimum Gasteiger partial charge on any atom is -0.489 e. The normalized spacial score (nSPS) is 10.6. The molecule has 6 nitrogen and oxygen atoms in total. The van der Waals surface area contributed by atoms with Gasteiger partial charge in [0.25, 0.3) is 5.91 Å². The van der Waals surface area contributed by atoms with Gasteiger partial charge in [-0.3, -0.25) is 9.59 Å². The summed E-state index contributed by atoms with van der Waals surface area (Å²) in [7, 11) is 0. The Labute approximate surface area is 160 Å². The Hall–Kier alpha value is -3.02. The minimum atomic E-state index is -0.186. The van der Waals surface area contributed by atoms with Gasteiger partial charge in [-0.2, -0.15) is 0 Å². The van der Waals surface area contributed by atoms with E-state index < -0.39 is 0 Å². The number of rotatable bonds is 8. The van der Waals surface area contributed by atoms with Crippen LogP contribution in [0.1, 0.15) is 38.1 Å². The van der Waals surface area contributed by atoms with Crippen molar-refractivity contribution >= 4 is 23.2 Å². The van der Waals surface area contributed by atoms with Crippen LogP contribution >= 0.6 is 0 Å². The van der Waals surface area contributed by atoms with Crippen LogP contribution in [0.15, 0.2) is 48.5 Å². The van der Waals surface area contributed by atoms with Crippen molar-refractivity contribution in [3.05, 3.63) is 54.1 Å². The van der Waals surface area contributed by atoms with E-state index in [1.807, 2.05) is 52.0 Å². The lowest BCUT2D eigenvalue weighted by molar-refractivity contribution is -0.114. The summed E-state index contributed by atoms with van der Waals surface area (Å²) in [5.41, 5.74) is 1.95. The van der Waals surface area contributed by atoms with E-state index in [9.17, 15) is 9.59 Å². The highest BCUT2D eigenvalue weighted by Crippen LogP contribution is 2.24. The summed E-state index contributed by atoms with van der Waals surface area (Å²) in [6, 6.07) is 14.4. The molecule has 0 radical (unpaired) electrons. The molecule has 2 aromatic rings. The van der Waals surface area contributed by atoms with E-state index >= 15 is 0 Å². The zero-order valence-corrected chi connectivity index (χ0v) is 16.2. The second-order valence-electron chi connectivity index (χ2n) is 6.77. The topological polar surface area (TPSA) is 79.5 Å². The summed E-state index contributed by atoms with van der Waals surface area (Å²) in [6.07, 6.45) is 0.0492. The molecule has 0 aliphatic carbocycles. The Bertz CT molecular complexity index is 770. The third-order valence-corrected chi connectivity index (χ3v) is 3.54. The van der Waals surface area contributed by atoms with E-state index in [1.54, 1.807) is 24.3 Å². The average Bonchev–Trinajstić information content (AvgIpc) is 2.60. The lowest BCUT2D eigenvalue weighted by Crippen LogP contribution is -2.30. The van der Waals surface area contributed by atoms with Gasteiger partial charge in [0.05, 0.1) is 18.3 Å². The zero-order valence-electron chi connectivity index (χ0n) is 16.2. The van der Waals surface area contributed by atoms with Gasteiger partial charge in [0.2, 0.25) is 5.91 Å². The zero-order chi connectivity index (χ0) is 19.8. The van der Waals surface area contributed by atoms with Crippen molar-refractivity contribution in [3.63, 3.8) is 0 Å². The van der Waals surface area contributed by atoms with Crippen LogP contribution in [0.5, 0.6) is 5.75 Å². The van der Waals surface area contributed by atoms with Crippen molar-refractivity contribution in [2.75, 3.05) is 17.2 Å². The van der Waals surface area contributed by atoms with Gasteiger partial charge in [-0.15, -0.1) is 0 Å². The van der Waals surface area contributed by atoms with Crippen molar-refractivity contribution in [1.82, 2.24) is 5.32 Å². The number of carbonyl (C=O) groups is 2. The predicted molar refractivity (Wildman–Crippen MR) is 108 cm³/mol. The Morgan fingerprint density at radius 1 is 0.963 bits per heavy atom. The summed E-state index contributed by atoms with van der Waals surface area (Å²) < 4.78 is 5.73. The maximum Gasteiger partial charge on any atom is 0.251 e. The standard InChI is InChI=1S/C21H27N3O3/c1-14(2)23-21(26)16-9-11-17(12-10-16)24-20(25)13-22-18-7-5-6-8-19(18)27-15(3)4/h5-12,14-15,22H,13H2,1-4H3,(H,23,26)(H,24,25). The van der Waals surface area contributed by atoms with Crippen molar-refractivity contribution in [1.29, 1.82) is 0 Å². The fourth-order valence-electron chi connectivity index (χ4n) is 2.40. The van der Waals surface area contributed by atoms with Crippen LogP contribution in [0.2, 0.25) is 0 Å². The quantitative estimate of drug-likeness (QED) is 0.663. The number of ether oxygens (including phenoxy) is 1. The van der Waals surface area contributed by atoms with E-state index in [4.69, 9.17) is 4.74 Å². The molecule has 0 aliphatic rings. The maximum atomic E-state index is 12.2. The highest BCUT2D eigenvalue weighted by Gasteiger charge is 2.09. The Morgan fingerprint density at radius 2 is 1.63 bits per heavy atom. The second kappa shape index (κ2) is 9.62. The first-order valence-corrected chi connectivity index (χ1v) is 9.05. The maximum absolute atomic E-state index is 12.2. The number of benzene rings is 2. The minimum absolute atomic E-state index is 0.0492. The van der Waals surface area contributed by atoms with Gasteiger partial charge in [0, 0.05) is 17.3 Å². The molecule has 0 atom stereocenters. The molecule has 0 saturated heterocycles. The van der Waals surface area contributed by atoms with Crippen molar-refractivity contribution < 1.29 is 14.3 Å². The summed E-state index contributed by atoms with van der Waals surface area (Å²) in [5, 5.41) is 8.72. The van der Waals surface area contributed by atoms with E-state index in [1.165, 1.54) is 0 Å². The molecule has 0 heterocycles. The molecule has 27 heavy (non-hydrogen) atoms. The molecular weight excluding hydrogens is 342 g/mol. The van der Waals surface area contributed by atoms with Gasteiger partial charge in [0.15, 0.2) is 0 Å². The molecule has 6 heteroatoms. The third kappa shape index (κ3) is 6.66. The van der Waals surface area contributed by atoms with Crippen molar-refractivity contribution in [2.24, 2.45) is 0 Å². The number of nitrogens with one attached hydrogen (secondary N) is 3. The molecule has 2 rings (SSSR count). The first-order chi connectivity index (χ1) is 12.8. The van der Waals surface area contributed by atoms with E-state index in [-0.39, 0.29) is 30.5 Å². The molecule has 0 aliphatic heterocycles. The number of carbonyl (C=O) groups excluding carboxylic acids is 2. The smallest absolute Gasteiger partial charge is 0.251 e. The number of anilines is 2. The number of hydrogen-bond donors (Lipinski definition) is 3. The predicted octanol–water partition coefficient (Wildman–Crippen LogP) is 3.66. The Kier molecular flexibility index (Phi) is 7.23. The van der Waals surface area contributed by atoms with Gasteiger partial charge in [-0.05, 0) is 64.1 Å². The van der Waals surface area contributed by atoms with Crippen molar-refractivity contribution in [2.45, 2.75) is 39.8 Å². The molecule has 0 spiro atoms. The van der Waals surface area contributed by atoms with Gasteiger partial charge < -0.3 is 20.7 Å². The molecular formula is C21H27N3O3. The molecule has 0 aromatic heterocycles. The third-order valence-electron chi connectivity index (χ3n) is 3.54. The first kappa shape index (κ1) is 20.3.